The van der Waals surface area contributed by atoms with Crippen LogP contribution < -0.4 is 10.4 Å². The Balaban J connectivity index is 1.89. The van der Waals surface area contributed by atoms with Crippen molar-refractivity contribution in [3.05, 3.63) is 18.2 Å². The maximum Gasteiger partial charge on any atom is 0.243 e. The van der Waals surface area contributed by atoms with Crippen LogP contribution in [-0.4, -0.2) is 51.3 Å². The summed E-state index contributed by atoms with van der Waals surface area (Å²) in [5, 5.41) is 9.47. The first-order valence-electron chi connectivity index (χ1n) is 9.49. The zero-order valence-electron chi connectivity index (χ0n) is 16.2. The number of nitrogens with one attached hydrogen (secondary N) is 1. The second-order valence-electron chi connectivity index (χ2n) is 6.54. The molecule has 9 heteroatoms. The Hall–Kier alpha value is -1.15. The van der Waals surface area contributed by atoms with Gasteiger partial charge in [-0.15, -0.1) is 23.2 Å². The average molecular weight is 447 g/mol. The van der Waals surface area contributed by atoms with Gasteiger partial charge in [-0.2, -0.15) is 0 Å². The normalized spacial score (nSPS) is 11.1. The summed E-state index contributed by atoms with van der Waals surface area (Å²) in [7, 11) is 2.04. The van der Waals surface area contributed by atoms with E-state index >= 15 is 0 Å². The highest BCUT2D eigenvalue weighted by Crippen LogP contribution is 2.27. The molecule has 0 saturated heterocycles. The third-order valence-corrected chi connectivity index (χ3v) is 6.01. The number of hydroxylamine groups is 1. The molecule has 2 rings (SSSR count). The molecule has 0 aliphatic carbocycles. The number of halogens is 2. The minimum atomic E-state index is -0.316. The number of aromatic nitrogens is 2. The number of imidazole rings is 1. The summed E-state index contributed by atoms with van der Waals surface area (Å²) in [5.74, 6) is 1.79. The number of fused-ring (bicyclic) bond motifs is 1. The van der Waals surface area contributed by atoms with E-state index in [9.17, 15) is 4.79 Å². The number of amides is 1. The quantitative estimate of drug-likeness (QED) is 0.157. The molecule has 6 nitrogen and oxygen atoms in total. The van der Waals surface area contributed by atoms with Crippen LogP contribution >= 0.6 is 35.0 Å². The largest absolute Gasteiger partial charge is 0.369 e. The van der Waals surface area contributed by atoms with Crippen molar-refractivity contribution < 1.29 is 10.0 Å². The Kier molecular flexibility index (Phi) is 10.3. The first-order chi connectivity index (χ1) is 13.6. The highest BCUT2D eigenvalue weighted by molar-refractivity contribution is 7.99. The summed E-state index contributed by atoms with van der Waals surface area (Å²) in [6.45, 7) is 1.52. The van der Waals surface area contributed by atoms with Crippen LogP contribution in [0.2, 0.25) is 0 Å². The first-order valence-corrected chi connectivity index (χ1v) is 11.5. The van der Waals surface area contributed by atoms with Crippen LogP contribution in [0.4, 0.5) is 5.69 Å². The summed E-state index contributed by atoms with van der Waals surface area (Å²) in [6, 6.07) is 6.30. The van der Waals surface area contributed by atoms with E-state index in [-0.39, 0.29) is 5.91 Å². The fraction of sp³-hybridized carbons (Fsp3) is 0.579. The van der Waals surface area contributed by atoms with Gasteiger partial charge in [0.15, 0.2) is 5.16 Å². The number of unbranched alkanes of at least 4 members (excludes halogenated alkanes) is 3. The molecule has 0 radical (unpaired) electrons. The van der Waals surface area contributed by atoms with Crippen LogP contribution in [0.15, 0.2) is 23.4 Å². The molecule has 0 aliphatic heterocycles. The number of rotatable bonds is 13. The van der Waals surface area contributed by atoms with Gasteiger partial charge < -0.3 is 9.47 Å². The number of aryl methyl sites for hydroxylation is 1. The first kappa shape index (κ1) is 23.1. The predicted molar refractivity (Wildman–Crippen MR) is 118 cm³/mol. The van der Waals surface area contributed by atoms with E-state index in [1.54, 1.807) is 17.2 Å². The van der Waals surface area contributed by atoms with E-state index in [0.29, 0.717) is 18.2 Å². The monoisotopic (exact) mass is 446 g/mol. The molecule has 1 heterocycles. The summed E-state index contributed by atoms with van der Waals surface area (Å²) in [6.07, 6.45) is 4.29. The van der Waals surface area contributed by atoms with Crippen LogP contribution in [0.3, 0.4) is 0 Å². The molecular weight excluding hydrogens is 419 g/mol. The number of carbonyl (C=O) groups is 1. The molecule has 0 spiro atoms. The Morgan fingerprint density at radius 1 is 1.21 bits per heavy atom. The van der Waals surface area contributed by atoms with Crippen molar-refractivity contribution in [2.24, 2.45) is 7.05 Å². The molecule has 0 fully saturated rings. The topological polar surface area (TPSA) is 70.4 Å². The van der Waals surface area contributed by atoms with E-state index in [2.05, 4.69) is 27.7 Å². The summed E-state index contributed by atoms with van der Waals surface area (Å²) in [5.41, 5.74) is 4.84. The van der Waals surface area contributed by atoms with Gasteiger partial charge in [-0.25, -0.2) is 10.5 Å². The van der Waals surface area contributed by atoms with E-state index in [4.69, 9.17) is 33.4 Å². The molecule has 2 aromatic rings. The van der Waals surface area contributed by atoms with Gasteiger partial charge in [0.05, 0.1) is 11.0 Å². The zero-order chi connectivity index (χ0) is 20.4. The van der Waals surface area contributed by atoms with Gasteiger partial charge in [0, 0.05) is 49.8 Å². The Morgan fingerprint density at radius 3 is 2.61 bits per heavy atom. The number of anilines is 1. The number of carbonyl (C=O) groups excluding carboxylic acids is 1. The van der Waals surface area contributed by atoms with E-state index in [1.807, 2.05) is 7.05 Å². The van der Waals surface area contributed by atoms with Crippen molar-refractivity contribution >= 4 is 57.6 Å². The lowest BCUT2D eigenvalue weighted by molar-refractivity contribution is -0.129. The highest BCUT2D eigenvalue weighted by atomic mass is 35.5. The summed E-state index contributed by atoms with van der Waals surface area (Å²) < 4.78 is 2.13. The molecule has 2 N–H and O–H groups in total. The number of nitrogens with zero attached hydrogens (tertiary/aromatic N) is 3. The van der Waals surface area contributed by atoms with Crippen molar-refractivity contribution in [1.82, 2.24) is 15.0 Å². The lowest BCUT2D eigenvalue weighted by Gasteiger charge is -2.22. The maximum absolute atomic E-state index is 11.0. The molecule has 1 amide bonds. The second kappa shape index (κ2) is 12.4. The fourth-order valence-corrected chi connectivity index (χ4v) is 4.42. The SMILES string of the molecule is Cn1c(SCCCCCCC(=O)NO)nc2cc(N(CCCl)CCCl)ccc21. The Labute approximate surface area is 180 Å². The summed E-state index contributed by atoms with van der Waals surface area (Å²) >= 11 is 13.6. The second-order valence-corrected chi connectivity index (χ2v) is 8.36. The number of hydrogen-bond donors (Lipinski definition) is 2. The maximum atomic E-state index is 11.0. The number of hydrogen-bond acceptors (Lipinski definition) is 5. The molecule has 0 atom stereocenters. The standard InChI is InChI=1S/C19H28Cl2N4O2S/c1-24-17-8-7-15(25(11-9-20)12-10-21)14-16(17)22-19(24)28-13-5-3-2-4-6-18(26)23-27/h7-8,14,27H,2-6,9-13H2,1H3,(H,23,26). The van der Waals surface area contributed by atoms with Gasteiger partial charge in [-0.3, -0.25) is 10.0 Å². The van der Waals surface area contributed by atoms with Crippen LogP contribution in [0.25, 0.3) is 11.0 Å². The minimum absolute atomic E-state index is 0.316. The molecule has 0 unspecified atom stereocenters. The van der Waals surface area contributed by atoms with E-state index < -0.39 is 0 Å². The molecule has 28 heavy (non-hydrogen) atoms. The lowest BCUT2D eigenvalue weighted by atomic mass is 10.1. The molecule has 156 valence electrons. The van der Waals surface area contributed by atoms with Crippen molar-refractivity contribution in [3.8, 4) is 0 Å². The average Bonchev–Trinajstić information content (AvgIpc) is 3.01. The molecular formula is C19H28Cl2N4O2S. The smallest absolute Gasteiger partial charge is 0.243 e. The van der Waals surface area contributed by atoms with Crippen molar-refractivity contribution in [2.75, 3.05) is 35.5 Å². The Morgan fingerprint density at radius 2 is 1.93 bits per heavy atom. The minimum Gasteiger partial charge on any atom is -0.369 e. The summed E-state index contributed by atoms with van der Waals surface area (Å²) in [4.78, 5) is 17.9. The van der Waals surface area contributed by atoms with Gasteiger partial charge in [-0.05, 0) is 31.0 Å². The van der Waals surface area contributed by atoms with Crippen LogP contribution in [0.1, 0.15) is 32.1 Å². The van der Waals surface area contributed by atoms with Crippen molar-refractivity contribution in [3.63, 3.8) is 0 Å². The van der Waals surface area contributed by atoms with Crippen LogP contribution in [-0.2, 0) is 11.8 Å². The lowest BCUT2D eigenvalue weighted by Crippen LogP contribution is -2.27. The molecule has 1 aromatic heterocycles. The third-order valence-electron chi connectivity index (χ3n) is 4.55. The fourth-order valence-electron chi connectivity index (χ4n) is 3.03. The van der Waals surface area contributed by atoms with Crippen molar-refractivity contribution in [1.29, 1.82) is 0 Å². The number of alkyl halides is 2. The number of benzene rings is 1. The van der Waals surface area contributed by atoms with Gasteiger partial charge in [0.1, 0.15) is 0 Å². The third kappa shape index (κ3) is 6.72. The molecule has 1 aromatic carbocycles. The van der Waals surface area contributed by atoms with E-state index in [1.165, 1.54) is 0 Å². The van der Waals surface area contributed by atoms with Gasteiger partial charge in [-0.1, -0.05) is 24.6 Å². The number of thioether (sulfide) groups is 1. The molecule has 0 bridgehead atoms. The van der Waals surface area contributed by atoms with Crippen LogP contribution in [0, 0.1) is 0 Å². The van der Waals surface area contributed by atoms with Crippen molar-refractivity contribution in [2.45, 2.75) is 37.3 Å². The predicted octanol–water partition coefficient (Wildman–Crippen LogP) is 4.41. The van der Waals surface area contributed by atoms with Gasteiger partial charge >= 0.3 is 0 Å². The molecule has 0 saturated carbocycles. The Bertz CT molecular complexity index is 751. The van der Waals surface area contributed by atoms with Gasteiger partial charge in [0.25, 0.3) is 0 Å². The van der Waals surface area contributed by atoms with Crippen LogP contribution in [0.5, 0.6) is 0 Å². The highest BCUT2D eigenvalue weighted by Gasteiger charge is 2.12. The zero-order valence-corrected chi connectivity index (χ0v) is 18.5. The molecule has 0 aliphatic rings. The van der Waals surface area contributed by atoms with Gasteiger partial charge in [0.2, 0.25) is 5.91 Å². The van der Waals surface area contributed by atoms with E-state index in [0.717, 1.165) is 66.4 Å².